The van der Waals surface area contributed by atoms with Gasteiger partial charge in [-0.05, 0) is 25.1 Å². The average Bonchev–Trinajstić information content (AvgIpc) is 3.44. The summed E-state index contributed by atoms with van der Waals surface area (Å²) in [6.07, 6.45) is 0. The number of hydrogen-bond acceptors (Lipinski definition) is 4. The van der Waals surface area contributed by atoms with Crippen molar-refractivity contribution >= 4 is 39.6 Å². The molecule has 0 unspecified atom stereocenters. The minimum Gasteiger partial charge on any atom is -0.358 e. The molecule has 32 heavy (non-hydrogen) atoms. The number of fused-ring (bicyclic) bond motifs is 1. The summed E-state index contributed by atoms with van der Waals surface area (Å²) in [5.41, 5.74) is 5.22. The van der Waals surface area contributed by atoms with E-state index in [9.17, 15) is 9.59 Å². The highest BCUT2D eigenvalue weighted by molar-refractivity contribution is 7.13. The third kappa shape index (κ3) is 3.72. The molecule has 6 heteroatoms. The number of aryl methyl sites for hydroxylation is 1. The smallest absolute Gasteiger partial charge is 0.296 e. The third-order valence-corrected chi connectivity index (χ3v) is 6.16. The predicted molar refractivity (Wildman–Crippen MR) is 129 cm³/mol. The maximum atomic E-state index is 12.9. The number of para-hydroxylation sites is 1. The van der Waals surface area contributed by atoms with Crippen LogP contribution in [0.15, 0.2) is 84.2 Å². The summed E-state index contributed by atoms with van der Waals surface area (Å²) in [6.45, 7) is 1.80. The van der Waals surface area contributed by atoms with Crippen LogP contribution in [0, 0.1) is 6.92 Å². The van der Waals surface area contributed by atoms with E-state index >= 15 is 0 Å². The zero-order chi connectivity index (χ0) is 22.1. The second-order valence-electron chi connectivity index (χ2n) is 7.44. The van der Waals surface area contributed by atoms with E-state index in [1.165, 1.54) is 0 Å². The lowest BCUT2D eigenvalue weighted by Gasteiger charge is -2.06. The molecule has 0 atom stereocenters. The molecule has 1 amide bonds. The van der Waals surface area contributed by atoms with Gasteiger partial charge in [-0.1, -0.05) is 60.7 Å². The first-order chi connectivity index (χ1) is 15.6. The van der Waals surface area contributed by atoms with Crippen LogP contribution < -0.4 is 5.32 Å². The van der Waals surface area contributed by atoms with Crippen LogP contribution in [0.4, 0.5) is 5.69 Å². The number of hydrogen-bond donors (Lipinski definition) is 2. The SMILES string of the molecule is Cc1[nH]c2ccccc2c1C(=O)C(=O)Nc1cccc(-c2csc(-c3ccccc3)n2)c1. The largest absolute Gasteiger partial charge is 0.358 e. The number of rotatable bonds is 5. The molecule has 2 N–H and O–H groups in total. The van der Waals surface area contributed by atoms with E-state index in [1.54, 1.807) is 24.3 Å². The summed E-state index contributed by atoms with van der Waals surface area (Å²) < 4.78 is 0. The van der Waals surface area contributed by atoms with Crippen molar-refractivity contribution in [1.29, 1.82) is 0 Å². The van der Waals surface area contributed by atoms with E-state index in [0.717, 1.165) is 32.7 Å². The summed E-state index contributed by atoms with van der Waals surface area (Å²) in [5, 5.41) is 6.41. The monoisotopic (exact) mass is 437 g/mol. The number of thiazole rings is 1. The predicted octanol–water partition coefficient (Wildman–Crippen LogP) is 6.09. The first kappa shape index (κ1) is 19.9. The van der Waals surface area contributed by atoms with Gasteiger partial charge in [0, 0.05) is 38.8 Å². The van der Waals surface area contributed by atoms with E-state index in [4.69, 9.17) is 4.98 Å². The molecular weight excluding hydrogens is 418 g/mol. The summed E-state index contributed by atoms with van der Waals surface area (Å²) in [6, 6.07) is 24.8. The molecule has 0 saturated heterocycles. The molecule has 0 bridgehead atoms. The molecule has 0 radical (unpaired) electrons. The molecule has 2 heterocycles. The number of nitrogens with zero attached hydrogens (tertiary/aromatic N) is 1. The zero-order valence-electron chi connectivity index (χ0n) is 17.3. The Morgan fingerprint density at radius 3 is 2.50 bits per heavy atom. The van der Waals surface area contributed by atoms with Gasteiger partial charge in [0.1, 0.15) is 5.01 Å². The molecule has 156 valence electrons. The number of ketones is 1. The number of aromatic amines is 1. The molecule has 3 aromatic carbocycles. The Kier molecular flexibility index (Phi) is 5.13. The van der Waals surface area contributed by atoms with Gasteiger partial charge in [0.05, 0.1) is 11.3 Å². The lowest BCUT2D eigenvalue weighted by Crippen LogP contribution is -2.23. The van der Waals surface area contributed by atoms with Crippen molar-refractivity contribution in [2.45, 2.75) is 6.92 Å². The molecule has 0 spiro atoms. The van der Waals surface area contributed by atoms with Gasteiger partial charge in [-0.25, -0.2) is 4.98 Å². The number of carbonyl (C=O) groups is 2. The standard InChI is InChI=1S/C26H19N3O2S/c1-16-23(20-12-5-6-13-21(20)27-16)24(30)25(31)28-19-11-7-10-18(14-19)22-15-32-26(29-22)17-8-3-2-4-9-17/h2-15,27H,1H3,(H,28,31). The van der Waals surface area contributed by atoms with Gasteiger partial charge in [-0.15, -0.1) is 11.3 Å². The molecular formula is C26H19N3O2S. The Morgan fingerprint density at radius 2 is 1.66 bits per heavy atom. The maximum absolute atomic E-state index is 12.9. The second-order valence-corrected chi connectivity index (χ2v) is 8.30. The molecule has 0 aliphatic carbocycles. The van der Waals surface area contributed by atoms with Crippen molar-refractivity contribution in [3.05, 3.63) is 95.5 Å². The van der Waals surface area contributed by atoms with Crippen LogP contribution in [0.2, 0.25) is 0 Å². The number of carbonyl (C=O) groups excluding carboxylic acids is 2. The quantitative estimate of drug-likeness (QED) is 0.258. The highest BCUT2D eigenvalue weighted by atomic mass is 32.1. The van der Waals surface area contributed by atoms with E-state index < -0.39 is 11.7 Å². The van der Waals surface area contributed by atoms with Gasteiger partial charge >= 0.3 is 0 Å². The van der Waals surface area contributed by atoms with Crippen LogP contribution in [0.25, 0.3) is 32.7 Å². The number of anilines is 1. The minimum absolute atomic E-state index is 0.404. The number of Topliss-reactive ketones (excluding diaryl/α,β-unsaturated/α-hetero) is 1. The summed E-state index contributed by atoms with van der Waals surface area (Å²) in [4.78, 5) is 33.6. The van der Waals surface area contributed by atoms with Gasteiger partial charge in [0.15, 0.2) is 0 Å². The van der Waals surface area contributed by atoms with Crippen molar-refractivity contribution in [2.75, 3.05) is 5.32 Å². The van der Waals surface area contributed by atoms with E-state index in [-0.39, 0.29) is 0 Å². The Morgan fingerprint density at radius 1 is 0.906 bits per heavy atom. The first-order valence-electron chi connectivity index (χ1n) is 10.1. The fraction of sp³-hybridized carbons (Fsp3) is 0.0385. The highest BCUT2D eigenvalue weighted by Gasteiger charge is 2.22. The average molecular weight is 438 g/mol. The zero-order valence-corrected chi connectivity index (χ0v) is 18.1. The van der Waals surface area contributed by atoms with Crippen LogP contribution in [0.5, 0.6) is 0 Å². The van der Waals surface area contributed by atoms with Crippen molar-refractivity contribution in [3.63, 3.8) is 0 Å². The fourth-order valence-corrected chi connectivity index (χ4v) is 4.58. The Hall–Kier alpha value is -4.03. The topological polar surface area (TPSA) is 74.8 Å². The van der Waals surface area contributed by atoms with Crippen LogP contribution in [-0.2, 0) is 4.79 Å². The van der Waals surface area contributed by atoms with Gasteiger partial charge in [-0.3, -0.25) is 9.59 Å². The molecule has 5 aromatic rings. The lowest BCUT2D eigenvalue weighted by molar-refractivity contribution is -0.112. The van der Waals surface area contributed by atoms with E-state index in [2.05, 4.69) is 10.3 Å². The number of nitrogens with one attached hydrogen (secondary N) is 2. The second kappa shape index (κ2) is 8.24. The molecule has 2 aromatic heterocycles. The molecule has 5 rings (SSSR count). The fourth-order valence-electron chi connectivity index (χ4n) is 3.75. The molecule has 0 saturated carbocycles. The van der Waals surface area contributed by atoms with Gasteiger partial charge in [-0.2, -0.15) is 0 Å². The minimum atomic E-state index is -0.668. The van der Waals surface area contributed by atoms with Crippen LogP contribution in [0.3, 0.4) is 0 Å². The third-order valence-electron chi connectivity index (χ3n) is 5.27. The van der Waals surface area contributed by atoms with Crippen molar-refractivity contribution in [3.8, 4) is 21.8 Å². The van der Waals surface area contributed by atoms with Gasteiger partial charge in [0.25, 0.3) is 11.7 Å². The highest BCUT2D eigenvalue weighted by Crippen LogP contribution is 2.30. The van der Waals surface area contributed by atoms with E-state index in [1.807, 2.05) is 78.2 Å². The Bertz CT molecular complexity index is 1450. The molecule has 0 aliphatic heterocycles. The number of H-pyrrole nitrogens is 1. The molecule has 5 nitrogen and oxygen atoms in total. The van der Waals surface area contributed by atoms with Crippen LogP contribution in [0.1, 0.15) is 16.1 Å². The number of benzene rings is 3. The first-order valence-corrected chi connectivity index (χ1v) is 11.0. The van der Waals surface area contributed by atoms with Crippen LogP contribution in [-0.4, -0.2) is 21.7 Å². The maximum Gasteiger partial charge on any atom is 0.296 e. The van der Waals surface area contributed by atoms with E-state index in [0.29, 0.717) is 16.9 Å². The number of aromatic nitrogens is 2. The Balaban J connectivity index is 1.38. The summed E-state index contributed by atoms with van der Waals surface area (Å²) in [5.74, 6) is -1.23. The van der Waals surface area contributed by atoms with Crippen LogP contribution >= 0.6 is 11.3 Å². The van der Waals surface area contributed by atoms with Crippen molar-refractivity contribution in [2.24, 2.45) is 0 Å². The molecule has 0 aliphatic rings. The van der Waals surface area contributed by atoms with Crippen molar-refractivity contribution < 1.29 is 9.59 Å². The molecule has 0 fully saturated rings. The lowest BCUT2D eigenvalue weighted by atomic mass is 10.1. The van der Waals surface area contributed by atoms with Gasteiger partial charge in [0.2, 0.25) is 0 Å². The normalized spacial score (nSPS) is 10.9. The Labute approximate surface area is 188 Å². The number of amides is 1. The summed E-state index contributed by atoms with van der Waals surface area (Å²) in [7, 11) is 0. The summed E-state index contributed by atoms with van der Waals surface area (Å²) >= 11 is 1.57. The van der Waals surface area contributed by atoms with Crippen molar-refractivity contribution in [1.82, 2.24) is 9.97 Å². The van der Waals surface area contributed by atoms with Gasteiger partial charge < -0.3 is 10.3 Å².